The van der Waals surface area contributed by atoms with Crippen LogP contribution in [0, 0.1) is 5.92 Å². The van der Waals surface area contributed by atoms with Crippen molar-refractivity contribution in [2.75, 3.05) is 0 Å². The molecule has 0 spiro atoms. The zero-order chi connectivity index (χ0) is 37.2. The van der Waals surface area contributed by atoms with E-state index in [-0.39, 0.29) is 24.2 Å². The van der Waals surface area contributed by atoms with E-state index in [4.69, 9.17) is 9.15 Å². The predicted octanol–water partition coefficient (Wildman–Crippen LogP) is 13.8. The van der Waals surface area contributed by atoms with E-state index in [0.29, 0.717) is 0 Å². The van der Waals surface area contributed by atoms with Gasteiger partial charge >= 0.3 is 0 Å². The van der Waals surface area contributed by atoms with Crippen LogP contribution in [-0.4, -0.2) is 21.3 Å². The number of rotatable bonds is 9. The van der Waals surface area contributed by atoms with Crippen molar-refractivity contribution in [2.24, 2.45) is 5.92 Å². The lowest BCUT2D eigenvalue weighted by Gasteiger charge is -2.32. The number of hydrogen-bond acceptors (Lipinski definition) is 2. The smallest absolute Gasteiger partial charge is 0.135 e. The maximum absolute atomic E-state index is 6.48. The highest BCUT2D eigenvalue weighted by atomic mass is 16.5. The first kappa shape index (κ1) is 33.7. The summed E-state index contributed by atoms with van der Waals surface area (Å²) < 4.78 is 17.9. The number of benzene rings is 6. The summed E-state index contributed by atoms with van der Waals surface area (Å²) in [6.45, 7) is 8.90. The lowest BCUT2D eigenvalue weighted by atomic mass is 9.82. The molecular formula is C51H46N2O2. The lowest BCUT2D eigenvalue weighted by molar-refractivity contribution is 0.00340. The van der Waals surface area contributed by atoms with Crippen LogP contribution in [0.4, 0.5) is 0 Å². The van der Waals surface area contributed by atoms with E-state index in [0.717, 1.165) is 41.2 Å². The summed E-state index contributed by atoms with van der Waals surface area (Å²) in [6, 6.07) is 48.9. The maximum atomic E-state index is 6.48. The number of para-hydroxylation sites is 4. The Morgan fingerprint density at radius 1 is 0.636 bits per heavy atom. The molecular weight excluding hydrogens is 673 g/mol. The van der Waals surface area contributed by atoms with E-state index in [9.17, 15) is 0 Å². The average Bonchev–Trinajstić information content (AvgIpc) is 3.85. The summed E-state index contributed by atoms with van der Waals surface area (Å²) in [6.07, 6.45) is 8.41. The third-order valence-corrected chi connectivity index (χ3v) is 11.8. The number of furan rings is 1. The van der Waals surface area contributed by atoms with E-state index in [1.807, 2.05) is 0 Å². The first-order chi connectivity index (χ1) is 27.0. The van der Waals surface area contributed by atoms with Gasteiger partial charge in [0.15, 0.2) is 0 Å². The van der Waals surface area contributed by atoms with Crippen molar-refractivity contribution in [3.05, 3.63) is 157 Å². The fourth-order valence-corrected chi connectivity index (χ4v) is 9.42. The van der Waals surface area contributed by atoms with Crippen LogP contribution < -0.4 is 0 Å². The van der Waals surface area contributed by atoms with Gasteiger partial charge in [-0.1, -0.05) is 105 Å². The number of nitrogens with zero attached hydrogens (tertiary/aromatic N) is 2. The first-order valence-corrected chi connectivity index (χ1v) is 20.0. The second-order valence-electron chi connectivity index (χ2n) is 15.7. The Bertz CT molecular complexity index is 2860. The zero-order valence-electron chi connectivity index (χ0n) is 32.0. The Morgan fingerprint density at radius 3 is 1.78 bits per heavy atom. The molecule has 3 atom stereocenters. The third-order valence-electron chi connectivity index (χ3n) is 11.8. The Morgan fingerprint density at radius 2 is 1.18 bits per heavy atom. The van der Waals surface area contributed by atoms with Crippen molar-refractivity contribution < 1.29 is 9.15 Å². The van der Waals surface area contributed by atoms with Crippen LogP contribution in [0.25, 0.3) is 76.8 Å². The summed E-state index contributed by atoms with van der Waals surface area (Å²) in [5, 5.41) is 7.42. The molecule has 3 heterocycles. The molecule has 4 heteroatoms. The predicted molar refractivity (Wildman–Crippen MR) is 232 cm³/mol. The van der Waals surface area contributed by atoms with Crippen molar-refractivity contribution in [3.8, 4) is 0 Å². The Hall–Kier alpha value is -5.84. The van der Waals surface area contributed by atoms with E-state index >= 15 is 0 Å². The zero-order valence-corrected chi connectivity index (χ0v) is 32.0. The molecule has 3 aromatic heterocycles. The SMILES string of the molecule is CCCC(Cc1ccc2oc3ccc(C4=CC(n5c6ccccc6c6ccccc65)=CC(n5c6ccccc6c6ccccc65)C4C)cc3c2c1)OC(C)C. The van der Waals surface area contributed by atoms with Gasteiger partial charge in [0.05, 0.1) is 29.3 Å². The molecule has 0 fully saturated rings. The monoisotopic (exact) mass is 718 g/mol. The van der Waals surface area contributed by atoms with E-state index in [1.54, 1.807) is 0 Å². The highest BCUT2D eigenvalue weighted by Crippen LogP contribution is 2.46. The van der Waals surface area contributed by atoms with Gasteiger partial charge in [-0.2, -0.15) is 0 Å². The van der Waals surface area contributed by atoms with Gasteiger partial charge in [0, 0.05) is 55.0 Å². The molecule has 0 N–H and O–H groups in total. The largest absolute Gasteiger partial charge is 0.456 e. The van der Waals surface area contributed by atoms with Gasteiger partial charge in [-0.15, -0.1) is 0 Å². The number of fused-ring (bicyclic) bond motifs is 9. The van der Waals surface area contributed by atoms with E-state index in [1.165, 1.54) is 66.0 Å². The van der Waals surface area contributed by atoms with Crippen LogP contribution >= 0.6 is 0 Å². The minimum atomic E-state index is 0.0552. The molecule has 1 aliphatic rings. The molecule has 1 aliphatic carbocycles. The number of ether oxygens (including phenoxy) is 1. The molecule has 0 saturated heterocycles. The fourth-order valence-electron chi connectivity index (χ4n) is 9.42. The minimum absolute atomic E-state index is 0.0552. The molecule has 0 radical (unpaired) electrons. The van der Waals surface area contributed by atoms with Gasteiger partial charge in [0.2, 0.25) is 0 Å². The molecule has 6 aromatic carbocycles. The van der Waals surface area contributed by atoms with Crippen LogP contribution in [0.3, 0.4) is 0 Å². The number of hydrogen-bond donors (Lipinski definition) is 0. The molecule has 9 aromatic rings. The van der Waals surface area contributed by atoms with Crippen LogP contribution in [0.2, 0.25) is 0 Å². The van der Waals surface area contributed by atoms with Gasteiger partial charge in [-0.3, -0.25) is 0 Å². The van der Waals surface area contributed by atoms with Crippen molar-refractivity contribution in [3.63, 3.8) is 0 Å². The van der Waals surface area contributed by atoms with Gasteiger partial charge in [-0.25, -0.2) is 0 Å². The van der Waals surface area contributed by atoms with Crippen LogP contribution in [0.5, 0.6) is 0 Å². The molecule has 0 bridgehead atoms. The standard InChI is InChI=1S/C51H46N2O2/c1-5-14-37(54-32(2)3)27-34-23-25-50-43(28-34)44-29-35(24-26-51(44)55-50)42-30-36(52-45-19-10-6-15-38(45)39-16-7-11-20-46(39)52)31-49(33(42)4)53-47-21-12-8-17-40(47)41-18-9-13-22-48(41)53/h6-13,15-26,28-33,37,49H,5,14,27H2,1-4H3. The fraction of sp³-hybridized carbons (Fsp3) is 0.216. The molecule has 0 aliphatic heterocycles. The molecule has 0 saturated carbocycles. The summed E-state index contributed by atoms with van der Waals surface area (Å²) in [5.41, 5.74) is 11.8. The molecule has 3 unspecified atom stereocenters. The van der Waals surface area contributed by atoms with Crippen LogP contribution in [0.15, 0.2) is 150 Å². The Balaban J connectivity index is 1.17. The second kappa shape index (κ2) is 13.5. The summed E-state index contributed by atoms with van der Waals surface area (Å²) >= 11 is 0. The number of aromatic nitrogens is 2. The first-order valence-electron chi connectivity index (χ1n) is 20.0. The summed E-state index contributed by atoms with van der Waals surface area (Å²) in [5.74, 6) is 0.171. The van der Waals surface area contributed by atoms with Crippen molar-refractivity contribution in [1.82, 2.24) is 9.13 Å². The average molecular weight is 719 g/mol. The molecule has 0 amide bonds. The lowest BCUT2D eigenvalue weighted by Crippen LogP contribution is -2.21. The topological polar surface area (TPSA) is 32.2 Å². The normalized spacial score (nSPS) is 17.0. The van der Waals surface area contributed by atoms with Gasteiger partial charge in [0.25, 0.3) is 0 Å². The van der Waals surface area contributed by atoms with Gasteiger partial charge < -0.3 is 18.3 Å². The highest BCUT2D eigenvalue weighted by Gasteiger charge is 2.30. The Labute approximate surface area is 321 Å². The molecule has 10 rings (SSSR count). The Kier molecular flexibility index (Phi) is 8.26. The van der Waals surface area contributed by atoms with Gasteiger partial charge in [-0.05, 0) is 104 Å². The minimum Gasteiger partial charge on any atom is -0.456 e. The van der Waals surface area contributed by atoms with E-state index < -0.39 is 0 Å². The molecule has 4 nitrogen and oxygen atoms in total. The van der Waals surface area contributed by atoms with Crippen LogP contribution in [-0.2, 0) is 11.2 Å². The molecule has 55 heavy (non-hydrogen) atoms. The van der Waals surface area contributed by atoms with Crippen LogP contribution in [0.1, 0.15) is 57.7 Å². The summed E-state index contributed by atoms with van der Waals surface area (Å²) in [7, 11) is 0. The highest BCUT2D eigenvalue weighted by molar-refractivity contribution is 6.12. The van der Waals surface area contributed by atoms with Crippen molar-refractivity contribution in [1.29, 1.82) is 0 Å². The molecule has 272 valence electrons. The van der Waals surface area contributed by atoms with Gasteiger partial charge in [0.1, 0.15) is 11.2 Å². The quantitative estimate of drug-likeness (QED) is 0.149. The van der Waals surface area contributed by atoms with Crippen molar-refractivity contribution in [2.45, 2.75) is 65.2 Å². The number of allylic oxidation sites excluding steroid dienone is 4. The second-order valence-corrected chi connectivity index (χ2v) is 15.7. The maximum Gasteiger partial charge on any atom is 0.135 e. The van der Waals surface area contributed by atoms with E-state index in [2.05, 4.69) is 182 Å². The summed E-state index contributed by atoms with van der Waals surface area (Å²) in [4.78, 5) is 0. The van der Waals surface area contributed by atoms with Crippen molar-refractivity contribution >= 4 is 76.8 Å². The third kappa shape index (κ3) is 5.62.